The van der Waals surface area contributed by atoms with Crippen molar-refractivity contribution in [3.8, 4) is 6.07 Å². The van der Waals surface area contributed by atoms with E-state index in [1.807, 2.05) is 0 Å². The Labute approximate surface area is 161 Å². The molecule has 2 aromatic rings. The van der Waals surface area contributed by atoms with Crippen molar-refractivity contribution >= 4 is 23.3 Å². The normalized spacial score (nSPS) is 12.0. The van der Waals surface area contributed by atoms with Crippen molar-refractivity contribution in [1.29, 1.82) is 5.26 Å². The van der Waals surface area contributed by atoms with Gasteiger partial charge in [0, 0.05) is 18.9 Å². The molecule has 0 fully saturated rings. The van der Waals surface area contributed by atoms with Crippen LogP contribution < -0.4 is 10.6 Å². The topological polar surface area (TPSA) is 104 Å². The molecule has 0 aliphatic carbocycles. The zero-order valence-electron chi connectivity index (χ0n) is 15.1. The first kappa shape index (κ1) is 21.6. The Hall–Kier alpha value is -3.68. The third-order valence-corrected chi connectivity index (χ3v) is 3.89. The lowest BCUT2D eigenvalue weighted by molar-refractivity contribution is -0.156. The number of nitrogens with zero attached hydrogens (tertiary/aromatic N) is 2. The molecule has 1 aromatic heterocycles. The number of amides is 2. The van der Waals surface area contributed by atoms with E-state index in [1.165, 1.54) is 19.3 Å². The lowest BCUT2D eigenvalue weighted by Crippen LogP contribution is -2.46. The van der Waals surface area contributed by atoms with Gasteiger partial charge in [0.25, 0.3) is 17.6 Å². The van der Waals surface area contributed by atoms with E-state index in [-0.39, 0.29) is 22.5 Å². The summed E-state index contributed by atoms with van der Waals surface area (Å²) >= 11 is 0. The van der Waals surface area contributed by atoms with Crippen LogP contribution in [-0.2, 0) is 11.8 Å². The number of carbonyl (C=O) groups is 3. The minimum atomic E-state index is -4.72. The summed E-state index contributed by atoms with van der Waals surface area (Å²) in [6.07, 6.45) is -3.52. The van der Waals surface area contributed by atoms with Gasteiger partial charge in [0.05, 0.1) is 16.8 Å². The molecule has 0 spiro atoms. The molecule has 1 aromatic carbocycles. The first-order chi connectivity index (χ1) is 13.4. The van der Waals surface area contributed by atoms with Crippen LogP contribution in [0.4, 0.5) is 23.2 Å². The van der Waals surface area contributed by atoms with Crippen molar-refractivity contribution in [3.05, 3.63) is 53.1 Å². The van der Waals surface area contributed by atoms with Crippen LogP contribution in [0.5, 0.6) is 0 Å². The molecule has 2 rings (SSSR count). The van der Waals surface area contributed by atoms with Crippen LogP contribution in [0.15, 0.2) is 30.5 Å². The average molecular weight is 410 g/mol. The average Bonchev–Trinajstić information content (AvgIpc) is 3.03. The van der Waals surface area contributed by atoms with Gasteiger partial charge in [0.1, 0.15) is 17.9 Å². The number of alkyl halides is 3. The molecule has 152 valence electrons. The number of halogens is 4. The number of rotatable bonds is 5. The summed E-state index contributed by atoms with van der Waals surface area (Å²) in [5.41, 5.74) is -0.558. The number of aryl methyl sites for hydroxylation is 1. The van der Waals surface area contributed by atoms with Gasteiger partial charge in [0.2, 0.25) is 0 Å². The van der Waals surface area contributed by atoms with E-state index in [4.69, 9.17) is 5.26 Å². The van der Waals surface area contributed by atoms with E-state index in [1.54, 1.807) is 11.4 Å². The van der Waals surface area contributed by atoms with Crippen LogP contribution in [0.25, 0.3) is 0 Å². The fourth-order valence-electron chi connectivity index (χ4n) is 2.27. The molecule has 1 atom stereocenters. The summed E-state index contributed by atoms with van der Waals surface area (Å²) < 4.78 is 52.0. The zero-order chi connectivity index (χ0) is 21.9. The van der Waals surface area contributed by atoms with Crippen molar-refractivity contribution in [1.82, 2.24) is 9.88 Å². The molecule has 2 amide bonds. The van der Waals surface area contributed by atoms with Crippen LogP contribution in [0.3, 0.4) is 0 Å². The van der Waals surface area contributed by atoms with Gasteiger partial charge in [-0.1, -0.05) is 0 Å². The highest BCUT2D eigenvalue weighted by molar-refractivity contribution is 6.42. The second kappa shape index (κ2) is 8.14. The Balaban J connectivity index is 2.17. The molecule has 1 heterocycles. The summed E-state index contributed by atoms with van der Waals surface area (Å²) in [6.45, 7) is 0.688. The quantitative estimate of drug-likeness (QED) is 0.449. The number of Topliss-reactive ketones (excluding diaryl/α,β-unsaturated/α-hetero) is 1. The summed E-state index contributed by atoms with van der Waals surface area (Å²) in [5, 5.41) is 12.7. The molecule has 0 saturated heterocycles. The molecular weight excluding hydrogens is 396 g/mol. The van der Waals surface area contributed by atoms with Gasteiger partial charge in [-0.2, -0.15) is 18.4 Å². The summed E-state index contributed by atoms with van der Waals surface area (Å²) in [4.78, 5) is 36.2. The molecule has 0 unspecified atom stereocenters. The van der Waals surface area contributed by atoms with Crippen LogP contribution in [0.2, 0.25) is 0 Å². The first-order valence-corrected chi connectivity index (χ1v) is 8.03. The maximum absolute atomic E-state index is 13.3. The van der Waals surface area contributed by atoms with E-state index in [9.17, 15) is 31.9 Å². The van der Waals surface area contributed by atoms with E-state index in [0.717, 1.165) is 22.8 Å². The summed E-state index contributed by atoms with van der Waals surface area (Å²) in [7, 11) is 1.33. The number of ketones is 1. The number of hydrogen-bond acceptors (Lipinski definition) is 4. The summed E-state index contributed by atoms with van der Waals surface area (Å²) in [6, 6.07) is 3.73. The van der Waals surface area contributed by atoms with E-state index in [0.29, 0.717) is 6.92 Å². The van der Waals surface area contributed by atoms with Crippen LogP contribution >= 0.6 is 0 Å². The van der Waals surface area contributed by atoms with Crippen molar-refractivity contribution in [2.45, 2.75) is 19.1 Å². The Morgan fingerprint density at radius 1 is 1.21 bits per heavy atom. The second-order valence-corrected chi connectivity index (χ2v) is 6.05. The third kappa shape index (κ3) is 4.98. The van der Waals surface area contributed by atoms with E-state index >= 15 is 0 Å². The van der Waals surface area contributed by atoms with Gasteiger partial charge in [0.15, 0.2) is 0 Å². The standard InChI is InChI=1S/C18H14F4N4O3/c1-9(18(20,21)22)24-17(29)15(27)14-6-11(8-26(14)2)16(28)25-12-3-4-13(19)10(5-12)7-23/h3-6,8-9H,1-2H3,(H,24,29)(H,25,28)/t9-/m0/s1. The van der Waals surface area contributed by atoms with Crippen molar-refractivity contribution in [2.75, 3.05) is 5.32 Å². The lowest BCUT2D eigenvalue weighted by Gasteiger charge is -2.16. The van der Waals surface area contributed by atoms with Crippen molar-refractivity contribution in [3.63, 3.8) is 0 Å². The highest BCUT2D eigenvalue weighted by Crippen LogP contribution is 2.20. The molecule has 0 saturated carbocycles. The van der Waals surface area contributed by atoms with Gasteiger partial charge >= 0.3 is 6.18 Å². The monoisotopic (exact) mass is 410 g/mol. The fraction of sp³-hybridized carbons (Fsp3) is 0.222. The third-order valence-electron chi connectivity index (χ3n) is 3.89. The number of anilines is 1. The smallest absolute Gasteiger partial charge is 0.347 e. The van der Waals surface area contributed by atoms with Crippen LogP contribution in [-0.4, -0.2) is 34.4 Å². The van der Waals surface area contributed by atoms with Crippen LogP contribution in [0.1, 0.15) is 33.3 Å². The van der Waals surface area contributed by atoms with Crippen LogP contribution in [0, 0.1) is 17.1 Å². The molecule has 11 heteroatoms. The number of nitriles is 1. The van der Waals surface area contributed by atoms with Gasteiger partial charge in [-0.25, -0.2) is 4.39 Å². The van der Waals surface area contributed by atoms with Gasteiger partial charge in [-0.3, -0.25) is 14.4 Å². The Morgan fingerprint density at radius 2 is 1.86 bits per heavy atom. The van der Waals surface area contributed by atoms with Crippen molar-refractivity contribution < 1.29 is 31.9 Å². The molecular formula is C18H14F4N4O3. The molecule has 2 N–H and O–H groups in total. The number of aromatic nitrogens is 1. The maximum atomic E-state index is 13.3. The molecule has 29 heavy (non-hydrogen) atoms. The molecule has 0 aliphatic heterocycles. The SMILES string of the molecule is C[C@H](NC(=O)C(=O)c1cc(C(=O)Nc2ccc(F)c(C#N)c2)cn1C)C(F)(F)F. The molecule has 0 aliphatic rings. The molecule has 0 radical (unpaired) electrons. The fourth-order valence-corrected chi connectivity index (χ4v) is 2.27. The predicted octanol–water partition coefficient (Wildman–Crippen LogP) is 2.54. The Kier molecular flexibility index (Phi) is 6.06. The van der Waals surface area contributed by atoms with Gasteiger partial charge < -0.3 is 15.2 Å². The Bertz CT molecular complexity index is 1020. The number of nitrogens with one attached hydrogen (secondary N) is 2. The number of hydrogen-bond donors (Lipinski definition) is 2. The highest BCUT2D eigenvalue weighted by Gasteiger charge is 2.38. The number of benzene rings is 1. The first-order valence-electron chi connectivity index (χ1n) is 8.03. The van der Waals surface area contributed by atoms with E-state index < -0.39 is 35.6 Å². The summed E-state index contributed by atoms with van der Waals surface area (Å²) in [5.74, 6) is -4.23. The zero-order valence-corrected chi connectivity index (χ0v) is 15.1. The van der Waals surface area contributed by atoms with Gasteiger partial charge in [-0.05, 0) is 31.2 Å². The van der Waals surface area contributed by atoms with E-state index in [2.05, 4.69) is 5.32 Å². The number of carbonyl (C=O) groups excluding carboxylic acids is 3. The maximum Gasteiger partial charge on any atom is 0.408 e. The second-order valence-electron chi connectivity index (χ2n) is 6.05. The molecule has 7 nitrogen and oxygen atoms in total. The Morgan fingerprint density at radius 3 is 2.45 bits per heavy atom. The highest BCUT2D eigenvalue weighted by atomic mass is 19.4. The largest absolute Gasteiger partial charge is 0.408 e. The lowest BCUT2D eigenvalue weighted by atomic mass is 10.2. The van der Waals surface area contributed by atoms with Crippen molar-refractivity contribution in [2.24, 2.45) is 7.05 Å². The predicted molar refractivity (Wildman–Crippen MR) is 92.5 cm³/mol. The minimum Gasteiger partial charge on any atom is -0.347 e. The van der Waals surface area contributed by atoms with Gasteiger partial charge in [-0.15, -0.1) is 0 Å². The minimum absolute atomic E-state index is 0.0737. The molecule has 0 bridgehead atoms.